The molecule has 0 radical (unpaired) electrons. The maximum absolute atomic E-state index is 14.5. The van der Waals surface area contributed by atoms with Gasteiger partial charge in [-0.3, -0.25) is 4.79 Å². The van der Waals surface area contributed by atoms with Gasteiger partial charge in [0.25, 0.3) is 0 Å². The second-order valence-corrected chi connectivity index (χ2v) is 11.5. The molecule has 2 aliphatic heterocycles. The van der Waals surface area contributed by atoms with Gasteiger partial charge in [-0.2, -0.15) is 23.3 Å². The summed E-state index contributed by atoms with van der Waals surface area (Å²) in [5.74, 6) is 0.429. The number of nitrogens with zero attached hydrogens (tertiary/aromatic N) is 5. The molecule has 2 atom stereocenters. The van der Waals surface area contributed by atoms with Gasteiger partial charge in [-0.05, 0) is 63.6 Å². The topological polar surface area (TPSA) is 94.4 Å². The van der Waals surface area contributed by atoms with E-state index in [0.29, 0.717) is 47.9 Å². The number of rotatable bonds is 7. The van der Waals surface area contributed by atoms with E-state index in [9.17, 15) is 18.0 Å². The van der Waals surface area contributed by atoms with Crippen LogP contribution >= 0.6 is 15.9 Å². The number of piperidine rings is 1. The molecule has 1 aromatic carbocycles. The number of halogens is 4. The van der Waals surface area contributed by atoms with Crippen molar-refractivity contribution in [2.75, 3.05) is 31.1 Å². The summed E-state index contributed by atoms with van der Waals surface area (Å²) >= 11 is 3.35. The molecule has 41 heavy (non-hydrogen) atoms. The van der Waals surface area contributed by atoms with Gasteiger partial charge >= 0.3 is 12.1 Å². The number of benzene rings is 1. The minimum Gasteiger partial charge on any atom is -0.465 e. The average molecular weight is 638 g/mol. The zero-order valence-electron chi connectivity index (χ0n) is 23.0. The van der Waals surface area contributed by atoms with E-state index in [1.54, 1.807) is 45.2 Å². The zero-order valence-corrected chi connectivity index (χ0v) is 24.6. The zero-order chi connectivity index (χ0) is 29.4. The van der Waals surface area contributed by atoms with Crippen molar-refractivity contribution < 1.29 is 27.4 Å². The van der Waals surface area contributed by atoms with Crippen LogP contribution in [-0.4, -0.2) is 64.2 Å². The largest absolute Gasteiger partial charge is 0.465 e. The Hall–Kier alpha value is -3.19. The van der Waals surface area contributed by atoms with Gasteiger partial charge in [-0.25, -0.2) is 9.67 Å². The first kappa shape index (κ1) is 29.3. The van der Waals surface area contributed by atoms with Crippen molar-refractivity contribution in [3.8, 4) is 11.6 Å². The van der Waals surface area contributed by atoms with Crippen LogP contribution in [0.3, 0.4) is 0 Å². The van der Waals surface area contributed by atoms with E-state index in [-0.39, 0.29) is 34.6 Å². The third-order valence-corrected chi connectivity index (χ3v) is 8.15. The molecular weight excluding hydrogens is 605 g/mol. The Kier molecular flexibility index (Phi) is 8.29. The van der Waals surface area contributed by atoms with Gasteiger partial charge in [0.1, 0.15) is 17.7 Å². The van der Waals surface area contributed by atoms with Gasteiger partial charge in [-0.1, -0.05) is 22.0 Å². The van der Waals surface area contributed by atoms with Crippen LogP contribution in [0.1, 0.15) is 49.4 Å². The van der Waals surface area contributed by atoms with Gasteiger partial charge in [0.15, 0.2) is 0 Å². The first-order valence-electron chi connectivity index (χ1n) is 13.5. The van der Waals surface area contributed by atoms with Crippen LogP contribution in [0.5, 0.6) is 5.88 Å². The molecule has 9 nitrogen and oxygen atoms in total. The van der Waals surface area contributed by atoms with Crippen molar-refractivity contribution >= 4 is 27.7 Å². The quantitative estimate of drug-likeness (QED) is 0.352. The number of carbonyl (C=O) groups is 1. The Balaban J connectivity index is 1.36. The number of hydrogen-bond donors (Lipinski definition) is 1. The Morgan fingerprint density at radius 3 is 2.61 bits per heavy atom. The minimum atomic E-state index is -4.73. The highest BCUT2D eigenvalue weighted by atomic mass is 79.9. The maximum atomic E-state index is 14.5. The van der Waals surface area contributed by atoms with Crippen molar-refractivity contribution in [3.05, 3.63) is 58.1 Å². The van der Waals surface area contributed by atoms with Crippen molar-refractivity contribution in [2.45, 2.75) is 58.4 Å². The molecule has 2 aliphatic rings. The lowest BCUT2D eigenvalue weighted by molar-refractivity contribution is -0.198. The fourth-order valence-electron chi connectivity index (χ4n) is 5.58. The summed E-state index contributed by atoms with van der Waals surface area (Å²) in [6.07, 6.45) is -3.08. The summed E-state index contributed by atoms with van der Waals surface area (Å²) in [6.45, 7) is 7.54. The minimum absolute atomic E-state index is 0.0282. The smallest absolute Gasteiger partial charge is 0.429 e. The number of nitrogens with one attached hydrogen (secondary N) is 1. The standard InChI is InChI=1S/C28H32BrF3N6O3/c1-4-40-26(39)21-15-27(16-33-21)8-11-37(12-9-27)23-14-24(35-18(3)34-23)41-25(28(30,31)32)20-6-5-19(29)13-22(20)38-10-7-17(2)36-38/h5-7,10,13-14,21,25,33H,4,8-9,11-12,15-16H2,1-3H3/t21-,25+/m0/s1. The summed E-state index contributed by atoms with van der Waals surface area (Å²) in [4.78, 5) is 22.9. The summed E-state index contributed by atoms with van der Waals surface area (Å²) < 4.78 is 56.3. The monoisotopic (exact) mass is 636 g/mol. The molecule has 0 aliphatic carbocycles. The number of carbonyl (C=O) groups excluding carboxylic acids is 1. The van der Waals surface area contributed by atoms with E-state index in [0.717, 1.165) is 19.4 Å². The van der Waals surface area contributed by atoms with Crippen molar-refractivity contribution in [1.29, 1.82) is 0 Å². The van der Waals surface area contributed by atoms with E-state index in [2.05, 4.69) is 36.3 Å². The molecule has 220 valence electrons. The third-order valence-electron chi connectivity index (χ3n) is 7.66. The number of ether oxygens (including phenoxy) is 2. The Labute approximate surface area is 244 Å². The summed E-state index contributed by atoms with van der Waals surface area (Å²) in [7, 11) is 0. The summed E-state index contributed by atoms with van der Waals surface area (Å²) in [5, 5.41) is 7.60. The van der Waals surface area contributed by atoms with Crippen LogP contribution in [0, 0.1) is 19.3 Å². The maximum Gasteiger partial charge on any atom is 0.429 e. The average Bonchev–Trinajstić information content (AvgIpc) is 3.54. The van der Waals surface area contributed by atoms with Crippen molar-refractivity contribution in [2.24, 2.45) is 5.41 Å². The Morgan fingerprint density at radius 1 is 1.20 bits per heavy atom. The molecule has 0 saturated carbocycles. The highest BCUT2D eigenvalue weighted by Crippen LogP contribution is 2.42. The number of hydrogen-bond acceptors (Lipinski definition) is 8. The van der Waals surface area contributed by atoms with E-state index in [1.165, 1.54) is 16.8 Å². The lowest BCUT2D eigenvalue weighted by Crippen LogP contribution is -2.41. The van der Waals surface area contributed by atoms with Gasteiger partial charge in [-0.15, -0.1) is 0 Å². The van der Waals surface area contributed by atoms with Crippen LogP contribution in [0.4, 0.5) is 19.0 Å². The molecule has 0 unspecified atom stereocenters. The van der Waals surface area contributed by atoms with Crippen LogP contribution in [0.25, 0.3) is 5.69 Å². The normalized spacial score (nSPS) is 19.4. The summed E-state index contributed by atoms with van der Waals surface area (Å²) in [5.41, 5.74) is 0.795. The molecule has 5 rings (SSSR count). The Morgan fingerprint density at radius 2 is 1.95 bits per heavy atom. The van der Waals surface area contributed by atoms with Crippen LogP contribution < -0.4 is 15.0 Å². The molecule has 13 heteroatoms. The number of esters is 1. The number of aryl methyl sites for hydroxylation is 2. The predicted molar refractivity (Wildman–Crippen MR) is 149 cm³/mol. The number of aromatic nitrogens is 4. The van der Waals surface area contributed by atoms with Crippen molar-refractivity contribution in [3.63, 3.8) is 0 Å². The van der Waals surface area contributed by atoms with Crippen LogP contribution in [0.2, 0.25) is 0 Å². The molecule has 4 heterocycles. The van der Waals surface area contributed by atoms with Crippen LogP contribution in [-0.2, 0) is 9.53 Å². The van der Waals surface area contributed by atoms with Gasteiger partial charge in [0, 0.05) is 41.9 Å². The van der Waals surface area contributed by atoms with Gasteiger partial charge < -0.3 is 19.7 Å². The molecule has 2 aromatic heterocycles. The lowest BCUT2D eigenvalue weighted by atomic mass is 9.76. The van der Waals surface area contributed by atoms with Crippen molar-refractivity contribution in [1.82, 2.24) is 25.1 Å². The second kappa shape index (κ2) is 11.6. The molecule has 3 aromatic rings. The van der Waals surface area contributed by atoms with E-state index < -0.39 is 12.3 Å². The highest BCUT2D eigenvalue weighted by Gasteiger charge is 2.46. The second-order valence-electron chi connectivity index (χ2n) is 10.6. The van der Waals surface area contributed by atoms with E-state index in [4.69, 9.17) is 9.47 Å². The van der Waals surface area contributed by atoms with E-state index >= 15 is 0 Å². The highest BCUT2D eigenvalue weighted by molar-refractivity contribution is 9.10. The molecule has 2 saturated heterocycles. The lowest BCUT2D eigenvalue weighted by Gasteiger charge is -2.39. The number of anilines is 1. The predicted octanol–water partition coefficient (Wildman–Crippen LogP) is 5.24. The number of alkyl halides is 3. The van der Waals surface area contributed by atoms with Gasteiger partial charge in [0.2, 0.25) is 12.0 Å². The molecule has 0 amide bonds. The van der Waals surface area contributed by atoms with Crippen LogP contribution in [0.15, 0.2) is 41.0 Å². The first-order chi connectivity index (χ1) is 19.5. The molecule has 1 N–H and O–H groups in total. The fourth-order valence-corrected chi connectivity index (χ4v) is 5.93. The third kappa shape index (κ3) is 6.50. The molecule has 1 spiro atoms. The van der Waals surface area contributed by atoms with E-state index in [1.807, 2.05) is 4.90 Å². The SMILES string of the molecule is CCOC(=O)[C@@H]1CC2(CCN(c3cc(O[C@H](c4ccc(Br)cc4-n4ccc(C)n4)C(F)(F)F)nc(C)n3)CC2)CN1. The fraction of sp³-hybridized carbons (Fsp3) is 0.500. The molecule has 0 bridgehead atoms. The first-order valence-corrected chi connectivity index (χ1v) is 14.3. The molecular formula is C28H32BrF3N6O3. The van der Waals surface area contributed by atoms with Gasteiger partial charge in [0.05, 0.1) is 18.0 Å². The Bertz CT molecular complexity index is 1410. The summed E-state index contributed by atoms with van der Waals surface area (Å²) in [6, 6.07) is 7.38. The molecule has 2 fully saturated rings.